The van der Waals surface area contributed by atoms with E-state index < -0.39 is 5.82 Å². The lowest BCUT2D eigenvalue weighted by molar-refractivity contribution is 0.0981. The smallest absolute Gasteiger partial charge is 0.191 e. The molecule has 0 N–H and O–H groups in total. The summed E-state index contributed by atoms with van der Waals surface area (Å²) in [6.45, 7) is 2.69. The van der Waals surface area contributed by atoms with E-state index in [-0.39, 0.29) is 17.9 Å². The highest BCUT2D eigenvalue weighted by molar-refractivity contribution is 5.96. The molecule has 0 spiro atoms. The summed E-state index contributed by atoms with van der Waals surface area (Å²) >= 11 is 0. The Labute approximate surface area is 121 Å². The average molecular weight is 283 g/mol. The van der Waals surface area contributed by atoms with Crippen LogP contribution in [0.3, 0.4) is 0 Å². The minimum atomic E-state index is -0.596. The number of hydrogen-bond acceptors (Lipinski definition) is 3. The molecular weight excluding hydrogens is 269 g/mol. The highest BCUT2D eigenvalue weighted by Crippen LogP contribution is 2.17. The van der Waals surface area contributed by atoms with Crippen LogP contribution in [0.25, 0.3) is 11.0 Å². The molecule has 106 valence electrons. The van der Waals surface area contributed by atoms with Crippen LogP contribution in [0.15, 0.2) is 42.6 Å². The summed E-state index contributed by atoms with van der Waals surface area (Å²) in [7, 11) is 0. The van der Waals surface area contributed by atoms with E-state index in [2.05, 4.69) is 9.97 Å². The molecule has 0 unspecified atom stereocenters. The highest BCUT2D eigenvalue weighted by Gasteiger charge is 2.17. The van der Waals surface area contributed by atoms with Crippen molar-refractivity contribution >= 4 is 16.8 Å². The van der Waals surface area contributed by atoms with Crippen molar-refractivity contribution in [3.63, 3.8) is 0 Å². The second kappa shape index (κ2) is 5.44. The van der Waals surface area contributed by atoms with Crippen LogP contribution in [0.1, 0.15) is 23.2 Å². The van der Waals surface area contributed by atoms with Gasteiger partial charge < -0.3 is 4.57 Å². The average Bonchev–Trinajstić information content (AvgIpc) is 2.84. The molecule has 2 heterocycles. The monoisotopic (exact) mass is 283 g/mol. The third-order valence-corrected chi connectivity index (χ3v) is 3.39. The first-order chi connectivity index (χ1) is 10.2. The quantitative estimate of drug-likeness (QED) is 0.691. The van der Waals surface area contributed by atoms with Crippen LogP contribution in [0.2, 0.25) is 0 Å². The number of rotatable bonds is 4. The molecular formula is C16H14FN3O. The summed E-state index contributed by atoms with van der Waals surface area (Å²) in [4.78, 5) is 20.5. The zero-order chi connectivity index (χ0) is 14.8. The van der Waals surface area contributed by atoms with Gasteiger partial charge in [-0.2, -0.15) is 0 Å². The number of hydrogen-bond donors (Lipinski definition) is 0. The molecule has 0 saturated heterocycles. The van der Waals surface area contributed by atoms with Gasteiger partial charge in [0, 0.05) is 12.7 Å². The van der Waals surface area contributed by atoms with Crippen molar-refractivity contribution < 1.29 is 9.18 Å². The van der Waals surface area contributed by atoms with Crippen LogP contribution in [0, 0.1) is 5.82 Å². The summed E-state index contributed by atoms with van der Waals surface area (Å²) in [5.41, 5.74) is 1.68. The normalized spacial score (nSPS) is 11.0. The number of aromatic nitrogens is 3. The number of ketones is 1. The van der Waals surface area contributed by atoms with Gasteiger partial charge in [0.1, 0.15) is 11.5 Å². The number of benzene rings is 1. The minimum Gasteiger partial charge on any atom is -0.328 e. The van der Waals surface area contributed by atoms with Crippen molar-refractivity contribution in [3.8, 4) is 0 Å². The van der Waals surface area contributed by atoms with Crippen LogP contribution in [0.5, 0.6) is 0 Å². The molecule has 2 aromatic heterocycles. The minimum absolute atomic E-state index is 0.0381. The number of carbonyl (C=O) groups excluding carboxylic acids is 1. The van der Waals surface area contributed by atoms with Crippen LogP contribution < -0.4 is 0 Å². The SMILES string of the molecule is CCn1c(CC(=O)c2ncccc2F)nc2ccccc21. The Morgan fingerprint density at radius 3 is 2.81 bits per heavy atom. The summed E-state index contributed by atoms with van der Waals surface area (Å²) in [6, 6.07) is 10.4. The summed E-state index contributed by atoms with van der Waals surface area (Å²) < 4.78 is 15.6. The molecule has 0 amide bonds. The Morgan fingerprint density at radius 2 is 2.05 bits per heavy atom. The molecule has 3 rings (SSSR count). The summed E-state index contributed by atoms with van der Waals surface area (Å²) in [6.07, 6.45) is 1.45. The molecule has 21 heavy (non-hydrogen) atoms. The molecule has 0 aliphatic rings. The molecule has 5 heteroatoms. The molecule has 0 aliphatic carbocycles. The van der Waals surface area contributed by atoms with Crippen LogP contribution in [-0.2, 0) is 13.0 Å². The molecule has 1 aromatic carbocycles. The molecule has 0 atom stereocenters. The van der Waals surface area contributed by atoms with Gasteiger partial charge in [-0.1, -0.05) is 12.1 Å². The lowest BCUT2D eigenvalue weighted by Gasteiger charge is -2.05. The number of nitrogens with zero attached hydrogens (tertiary/aromatic N) is 3. The van der Waals surface area contributed by atoms with E-state index in [1.54, 1.807) is 0 Å². The maximum atomic E-state index is 13.6. The molecule has 0 saturated carbocycles. The third-order valence-electron chi connectivity index (χ3n) is 3.39. The zero-order valence-corrected chi connectivity index (χ0v) is 11.6. The van der Waals surface area contributed by atoms with Gasteiger partial charge in [-0.25, -0.2) is 9.37 Å². The van der Waals surface area contributed by atoms with Crippen LogP contribution >= 0.6 is 0 Å². The Hall–Kier alpha value is -2.56. The number of para-hydroxylation sites is 2. The predicted octanol–water partition coefficient (Wildman–Crippen LogP) is 3.02. The lowest BCUT2D eigenvalue weighted by Crippen LogP contribution is -2.12. The third kappa shape index (κ3) is 2.42. The highest BCUT2D eigenvalue weighted by atomic mass is 19.1. The first kappa shape index (κ1) is 13.4. The largest absolute Gasteiger partial charge is 0.328 e. The maximum absolute atomic E-state index is 13.6. The van der Waals surface area contributed by atoms with Gasteiger partial charge in [0.05, 0.1) is 17.5 Å². The van der Waals surface area contributed by atoms with E-state index in [4.69, 9.17) is 0 Å². The number of carbonyl (C=O) groups is 1. The van der Waals surface area contributed by atoms with Gasteiger partial charge in [0.25, 0.3) is 0 Å². The molecule has 0 radical (unpaired) electrons. The number of imidazole rings is 1. The molecule has 0 fully saturated rings. The zero-order valence-electron chi connectivity index (χ0n) is 11.6. The predicted molar refractivity (Wildman–Crippen MR) is 77.6 cm³/mol. The fourth-order valence-corrected chi connectivity index (χ4v) is 2.43. The summed E-state index contributed by atoms with van der Waals surface area (Å²) in [5.74, 6) is -0.325. The number of halogens is 1. The van der Waals surface area contributed by atoms with E-state index in [9.17, 15) is 9.18 Å². The van der Waals surface area contributed by atoms with Crippen molar-refractivity contribution in [1.29, 1.82) is 0 Å². The van der Waals surface area contributed by atoms with Gasteiger partial charge >= 0.3 is 0 Å². The van der Waals surface area contributed by atoms with E-state index in [0.29, 0.717) is 12.4 Å². The lowest BCUT2D eigenvalue weighted by atomic mass is 10.2. The van der Waals surface area contributed by atoms with Gasteiger partial charge in [-0.05, 0) is 31.2 Å². The molecule has 4 nitrogen and oxygen atoms in total. The van der Waals surface area contributed by atoms with Gasteiger partial charge in [0.15, 0.2) is 11.6 Å². The van der Waals surface area contributed by atoms with Gasteiger partial charge in [0.2, 0.25) is 0 Å². The van der Waals surface area contributed by atoms with E-state index in [1.807, 2.05) is 35.8 Å². The van der Waals surface area contributed by atoms with Crippen molar-refractivity contribution in [3.05, 3.63) is 59.9 Å². The second-order valence-corrected chi connectivity index (χ2v) is 4.69. The Morgan fingerprint density at radius 1 is 1.24 bits per heavy atom. The first-order valence-electron chi connectivity index (χ1n) is 6.78. The number of fused-ring (bicyclic) bond motifs is 1. The Kier molecular flexibility index (Phi) is 3.48. The van der Waals surface area contributed by atoms with E-state index in [0.717, 1.165) is 11.0 Å². The van der Waals surface area contributed by atoms with Crippen molar-refractivity contribution in [1.82, 2.24) is 14.5 Å². The first-order valence-corrected chi connectivity index (χ1v) is 6.78. The molecule has 0 bridgehead atoms. The van der Waals surface area contributed by atoms with E-state index >= 15 is 0 Å². The second-order valence-electron chi connectivity index (χ2n) is 4.69. The van der Waals surface area contributed by atoms with Crippen molar-refractivity contribution in [2.24, 2.45) is 0 Å². The van der Waals surface area contributed by atoms with Gasteiger partial charge in [-0.3, -0.25) is 9.78 Å². The van der Waals surface area contributed by atoms with Crippen LogP contribution in [-0.4, -0.2) is 20.3 Å². The Bertz CT molecular complexity index is 810. The topological polar surface area (TPSA) is 47.8 Å². The summed E-state index contributed by atoms with van der Waals surface area (Å²) in [5, 5.41) is 0. The molecule has 0 aliphatic heterocycles. The van der Waals surface area contributed by atoms with E-state index in [1.165, 1.54) is 18.3 Å². The fourth-order valence-electron chi connectivity index (χ4n) is 2.43. The standard InChI is InChI=1S/C16H14FN3O/c1-2-20-13-8-4-3-7-12(13)19-15(20)10-14(21)16-11(17)6-5-9-18-16/h3-9H,2,10H2,1H3. The van der Waals surface area contributed by atoms with Gasteiger partial charge in [-0.15, -0.1) is 0 Å². The van der Waals surface area contributed by atoms with Crippen LogP contribution in [0.4, 0.5) is 4.39 Å². The Balaban J connectivity index is 1.98. The maximum Gasteiger partial charge on any atom is 0.191 e. The van der Waals surface area contributed by atoms with Crippen molar-refractivity contribution in [2.45, 2.75) is 19.9 Å². The molecule has 3 aromatic rings. The number of aryl methyl sites for hydroxylation is 1. The number of Topliss-reactive ketones (excluding diaryl/α,β-unsaturated/α-hetero) is 1. The fraction of sp³-hybridized carbons (Fsp3) is 0.188. The van der Waals surface area contributed by atoms with Crippen molar-refractivity contribution in [2.75, 3.05) is 0 Å². The number of pyridine rings is 1.